The molecule has 1 unspecified atom stereocenters. The monoisotopic (exact) mass is 344 g/mol. The molecule has 0 heterocycles. The summed E-state index contributed by atoms with van der Waals surface area (Å²) in [5.41, 5.74) is -0.914. The predicted octanol–water partition coefficient (Wildman–Crippen LogP) is 6.12. The molecule has 0 aromatic heterocycles. The summed E-state index contributed by atoms with van der Waals surface area (Å²) >= 11 is 0. The van der Waals surface area contributed by atoms with E-state index < -0.39 is 8.80 Å². The van der Waals surface area contributed by atoms with Gasteiger partial charge in [0.2, 0.25) is 0 Å². The topological polar surface area (TPSA) is 27.7 Å². The molecule has 0 saturated heterocycles. The van der Waals surface area contributed by atoms with Crippen molar-refractivity contribution in [1.29, 1.82) is 0 Å². The van der Waals surface area contributed by atoms with Gasteiger partial charge in [0.1, 0.15) is 0 Å². The first-order valence-electron chi connectivity index (χ1n) is 8.87. The van der Waals surface area contributed by atoms with Crippen LogP contribution in [0.2, 0.25) is 5.54 Å². The van der Waals surface area contributed by atoms with Gasteiger partial charge >= 0.3 is 8.80 Å². The minimum atomic E-state index is -2.99. The SMILES string of the molecule is C=CC(CCCC)[Si](OC(C)(C)C)(OC(C)(C)C)OC(C)(C)C. The minimum absolute atomic E-state index is 0.0973. The van der Waals surface area contributed by atoms with Crippen molar-refractivity contribution in [3.8, 4) is 0 Å². The first kappa shape index (κ1) is 22.8. The Kier molecular flexibility index (Phi) is 8.22. The molecule has 1 atom stereocenters. The molecule has 0 radical (unpaired) electrons. The summed E-state index contributed by atoms with van der Waals surface area (Å²) in [5.74, 6) is 0. The Morgan fingerprint density at radius 1 is 0.826 bits per heavy atom. The van der Waals surface area contributed by atoms with Crippen molar-refractivity contribution >= 4 is 8.80 Å². The Labute approximate surface area is 146 Å². The van der Waals surface area contributed by atoms with Crippen molar-refractivity contribution in [3.05, 3.63) is 12.7 Å². The summed E-state index contributed by atoms with van der Waals surface area (Å²) in [6, 6.07) is 0. The fraction of sp³-hybridized carbons (Fsp3) is 0.895. The number of unbranched alkanes of at least 4 members (excludes halogenated alkanes) is 1. The van der Waals surface area contributed by atoms with Gasteiger partial charge in [-0.25, -0.2) is 0 Å². The van der Waals surface area contributed by atoms with E-state index in [0.717, 1.165) is 19.3 Å². The number of rotatable bonds is 8. The molecule has 0 amide bonds. The molecule has 0 fully saturated rings. The van der Waals surface area contributed by atoms with Gasteiger partial charge in [0.25, 0.3) is 0 Å². The van der Waals surface area contributed by atoms with Gasteiger partial charge < -0.3 is 13.3 Å². The van der Waals surface area contributed by atoms with Crippen molar-refractivity contribution in [3.63, 3.8) is 0 Å². The molecular formula is C19H40O3Si. The van der Waals surface area contributed by atoms with Gasteiger partial charge in [-0.15, -0.1) is 6.58 Å². The van der Waals surface area contributed by atoms with Gasteiger partial charge in [-0.1, -0.05) is 25.8 Å². The highest BCUT2D eigenvalue weighted by Gasteiger charge is 2.54. The average Bonchev–Trinajstić information content (AvgIpc) is 2.21. The quantitative estimate of drug-likeness (QED) is 0.392. The molecule has 3 nitrogen and oxygen atoms in total. The second-order valence-corrected chi connectivity index (χ2v) is 11.8. The summed E-state index contributed by atoms with van der Waals surface area (Å²) in [5, 5.41) is 0. The second kappa shape index (κ2) is 8.28. The van der Waals surface area contributed by atoms with E-state index in [-0.39, 0.29) is 22.3 Å². The van der Waals surface area contributed by atoms with Crippen LogP contribution < -0.4 is 0 Å². The number of hydrogen-bond donors (Lipinski definition) is 0. The predicted molar refractivity (Wildman–Crippen MR) is 102 cm³/mol. The zero-order valence-corrected chi connectivity index (χ0v) is 18.2. The maximum Gasteiger partial charge on any atom is 0.509 e. The van der Waals surface area contributed by atoms with Crippen LogP contribution in [-0.4, -0.2) is 25.6 Å². The Bertz CT molecular complexity index is 317. The standard InChI is InChI=1S/C19H40O3Si/c1-12-14-15-16(13-2)23(20-17(3,4)5,21-18(6,7)8)22-19(9,10)11/h13,16H,2,12,14-15H2,1,3-11H3. The molecule has 23 heavy (non-hydrogen) atoms. The van der Waals surface area contributed by atoms with E-state index in [9.17, 15) is 0 Å². The highest BCUT2D eigenvalue weighted by molar-refractivity contribution is 6.63. The molecule has 0 saturated carbocycles. The fourth-order valence-corrected chi connectivity index (χ4v) is 6.42. The third-order valence-corrected chi connectivity index (χ3v) is 7.08. The number of allylic oxidation sites excluding steroid dienone is 1. The van der Waals surface area contributed by atoms with E-state index in [0.29, 0.717) is 0 Å². The zero-order valence-electron chi connectivity index (χ0n) is 17.2. The Morgan fingerprint density at radius 3 is 1.39 bits per heavy atom. The van der Waals surface area contributed by atoms with Gasteiger partial charge in [-0.3, -0.25) is 0 Å². The Balaban J connectivity index is 5.92. The molecule has 0 aliphatic heterocycles. The summed E-state index contributed by atoms with van der Waals surface area (Å²) < 4.78 is 19.7. The molecule has 0 aromatic carbocycles. The van der Waals surface area contributed by atoms with Crippen molar-refractivity contribution in [2.45, 2.75) is 111 Å². The van der Waals surface area contributed by atoms with Crippen LogP contribution >= 0.6 is 0 Å². The van der Waals surface area contributed by atoms with Gasteiger partial charge in [-0.2, -0.15) is 0 Å². The van der Waals surface area contributed by atoms with E-state index in [4.69, 9.17) is 13.3 Å². The third kappa shape index (κ3) is 9.65. The van der Waals surface area contributed by atoms with E-state index >= 15 is 0 Å². The molecule has 0 spiro atoms. The van der Waals surface area contributed by atoms with Crippen LogP contribution in [0.25, 0.3) is 0 Å². The molecule has 0 aromatic rings. The van der Waals surface area contributed by atoms with E-state index in [1.54, 1.807) is 0 Å². The third-order valence-electron chi connectivity index (χ3n) is 2.95. The van der Waals surface area contributed by atoms with Crippen molar-refractivity contribution in [2.24, 2.45) is 0 Å². The smallest absolute Gasteiger partial charge is 0.368 e. The number of hydrogen-bond acceptors (Lipinski definition) is 3. The maximum atomic E-state index is 6.55. The first-order valence-corrected chi connectivity index (χ1v) is 10.7. The fourth-order valence-electron chi connectivity index (χ4n) is 2.43. The second-order valence-electron chi connectivity index (χ2n) is 9.23. The Morgan fingerprint density at radius 2 is 1.17 bits per heavy atom. The molecule has 4 heteroatoms. The van der Waals surface area contributed by atoms with Gasteiger partial charge in [-0.05, 0) is 68.7 Å². The first-order chi connectivity index (χ1) is 10.1. The lowest BCUT2D eigenvalue weighted by molar-refractivity contribution is -0.0794. The molecule has 0 bridgehead atoms. The lowest BCUT2D eigenvalue weighted by Gasteiger charge is -2.46. The van der Waals surface area contributed by atoms with Crippen LogP contribution in [0.3, 0.4) is 0 Å². The van der Waals surface area contributed by atoms with E-state index in [2.05, 4.69) is 75.8 Å². The van der Waals surface area contributed by atoms with Crippen LogP contribution in [0.1, 0.15) is 88.5 Å². The van der Waals surface area contributed by atoms with E-state index in [1.807, 2.05) is 6.08 Å². The van der Waals surface area contributed by atoms with Crippen molar-refractivity contribution in [2.75, 3.05) is 0 Å². The molecule has 138 valence electrons. The molecule has 0 N–H and O–H groups in total. The van der Waals surface area contributed by atoms with Gasteiger partial charge in [0, 0.05) is 5.54 Å². The summed E-state index contributed by atoms with van der Waals surface area (Å²) in [4.78, 5) is 0. The highest BCUT2D eigenvalue weighted by Crippen LogP contribution is 2.40. The average molecular weight is 345 g/mol. The van der Waals surface area contributed by atoms with E-state index in [1.165, 1.54) is 0 Å². The highest BCUT2D eigenvalue weighted by atomic mass is 28.4. The van der Waals surface area contributed by atoms with Crippen LogP contribution in [-0.2, 0) is 13.3 Å². The lowest BCUT2D eigenvalue weighted by atomic mass is 10.2. The maximum absolute atomic E-state index is 6.55. The van der Waals surface area contributed by atoms with Crippen LogP contribution in [0.5, 0.6) is 0 Å². The molecule has 0 aliphatic carbocycles. The van der Waals surface area contributed by atoms with Crippen molar-refractivity contribution in [1.82, 2.24) is 0 Å². The minimum Gasteiger partial charge on any atom is -0.368 e. The summed E-state index contributed by atoms with van der Waals surface area (Å²) in [6.07, 6.45) is 5.20. The largest absolute Gasteiger partial charge is 0.509 e. The van der Waals surface area contributed by atoms with Crippen LogP contribution in [0, 0.1) is 0 Å². The lowest BCUT2D eigenvalue weighted by Crippen LogP contribution is -2.59. The van der Waals surface area contributed by atoms with Crippen molar-refractivity contribution < 1.29 is 13.3 Å². The summed E-state index contributed by atoms with van der Waals surface area (Å²) in [7, 11) is -2.99. The molecule has 0 rings (SSSR count). The van der Waals surface area contributed by atoms with Gasteiger partial charge in [0.05, 0.1) is 16.8 Å². The zero-order chi connectivity index (χ0) is 18.5. The Hall–Kier alpha value is -0.163. The normalized spacial score (nSPS) is 15.6. The van der Waals surface area contributed by atoms with Gasteiger partial charge in [0.15, 0.2) is 0 Å². The summed E-state index contributed by atoms with van der Waals surface area (Å²) in [6.45, 7) is 24.8. The molecular weight excluding hydrogens is 304 g/mol. The molecule has 0 aliphatic rings. The van der Waals surface area contributed by atoms with Crippen LogP contribution in [0.15, 0.2) is 12.7 Å². The van der Waals surface area contributed by atoms with Crippen LogP contribution in [0.4, 0.5) is 0 Å².